The molecule has 0 spiro atoms. The van der Waals surface area contributed by atoms with Crippen molar-refractivity contribution in [2.24, 2.45) is 0 Å². The van der Waals surface area contributed by atoms with Gasteiger partial charge in [-0.05, 0) is 23.6 Å². The van der Waals surface area contributed by atoms with Gasteiger partial charge in [-0.25, -0.2) is 0 Å². The van der Waals surface area contributed by atoms with Crippen molar-refractivity contribution >= 4 is 5.69 Å². The number of aryl methyl sites for hydroxylation is 1. The van der Waals surface area contributed by atoms with Crippen molar-refractivity contribution in [2.75, 3.05) is 6.61 Å². The van der Waals surface area contributed by atoms with Gasteiger partial charge in [0, 0.05) is 18.6 Å². The molecular formula is C16H17NO3. The molecule has 0 saturated heterocycles. The van der Waals surface area contributed by atoms with Gasteiger partial charge < -0.3 is 4.74 Å². The summed E-state index contributed by atoms with van der Waals surface area (Å²) in [4.78, 5) is 10.2. The maximum Gasteiger partial charge on any atom is 0.269 e. The van der Waals surface area contributed by atoms with E-state index in [9.17, 15) is 10.1 Å². The molecule has 2 aromatic rings. The zero-order valence-corrected chi connectivity index (χ0v) is 11.4. The van der Waals surface area contributed by atoms with Gasteiger partial charge in [-0.15, -0.1) is 0 Å². The summed E-state index contributed by atoms with van der Waals surface area (Å²) in [5, 5.41) is 10.6. The molecule has 0 amide bonds. The number of hydrogen-bond donors (Lipinski definition) is 0. The van der Waals surface area contributed by atoms with Crippen molar-refractivity contribution in [1.29, 1.82) is 0 Å². The molecule has 0 unspecified atom stereocenters. The summed E-state index contributed by atoms with van der Waals surface area (Å²) in [5.74, 6) is 0.914. The molecule has 20 heavy (non-hydrogen) atoms. The average Bonchev–Trinajstić information content (AvgIpc) is 2.48. The first-order valence-electron chi connectivity index (χ1n) is 6.64. The van der Waals surface area contributed by atoms with Crippen LogP contribution in [0.2, 0.25) is 0 Å². The van der Waals surface area contributed by atoms with Crippen LogP contribution >= 0.6 is 0 Å². The van der Waals surface area contributed by atoms with E-state index in [0.717, 1.165) is 24.2 Å². The quantitative estimate of drug-likeness (QED) is 0.593. The lowest BCUT2D eigenvalue weighted by Crippen LogP contribution is -2.03. The first kappa shape index (κ1) is 14.1. The summed E-state index contributed by atoms with van der Waals surface area (Å²) < 4.78 is 5.78. The van der Waals surface area contributed by atoms with Crippen molar-refractivity contribution in [1.82, 2.24) is 0 Å². The molecule has 104 valence electrons. The Morgan fingerprint density at radius 3 is 2.45 bits per heavy atom. The predicted octanol–water partition coefficient (Wildman–Crippen LogP) is 3.78. The molecule has 0 heterocycles. The lowest BCUT2D eigenvalue weighted by Gasteiger charge is -2.10. The molecule has 0 fully saturated rings. The van der Waals surface area contributed by atoms with Crippen molar-refractivity contribution in [3.63, 3.8) is 0 Å². The number of rotatable bonds is 6. The van der Waals surface area contributed by atoms with Gasteiger partial charge in [-0.2, -0.15) is 0 Å². The average molecular weight is 271 g/mol. The van der Waals surface area contributed by atoms with Gasteiger partial charge in [0.1, 0.15) is 5.75 Å². The van der Waals surface area contributed by atoms with Crippen LogP contribution in [0.3, 0.4) is 0 Å². The minimum absolute atomic E-state index is 0.117. The number of para-hydroxylation sites is 1. The molecule has 0 aromatic heterocycles. The van der Waals surface area contributed by atoms with Crippen molar-refractivity contribution in [2.45, 2.75) is 19.8 Å². The second-order valence-corrected chi connectivity index (χ2v) is 4.48. The highest BCUT2D eigenvalue weighted by atomic mass is 16.6. The summed E-state index contributed by atoms with van der Waals surface area (Å²) in [5.41, 5.74) is 2.34. The highest BCUT2D eigenvalue weighted by Crippen LogP contribution is 2.19. The monoisotopic (exact) mass is 271 g/mol. The molecular weight excluding hydrogens is 254 g/mol. The van der Waals surface area contributed by atoms with Crippen LogP contribution in [0.5, 0.6) is 5.75 Å². The van der Waals surface area contributed by atoms with Crippen LogP contribution in [-0.2, 0) is 12.8 Å². The van der Waals surface area contributed by atoms with E-state index in [0.29, 0.717) is 6.61 Å². The van der Waals surface area contributed by atoms with Crippen molar-refractivity contribution < 1.29 is 9.66 Å². The van der Waals surface area contributed by atoms with Gasteiger partial charge >= 0.3 is 0 Å². The fourth-order valence-electron chi connectivity index (χ4n) is 2.00. The molecule has 2 rings (SSSR count). The minimum atomic E-state index is -0.391. The zero-order chi connectivity index (χ0) is 14.4. The van der Waals surface area contributed by atoms with E-state index in [2.05, 4.69) is 13.0 Å². The fourth-order valence-corrected chi connectivity index (χ4v) is 2.00. The van der Waals surface area contributed by atoms with Crippen LogP contribution in [0.4, 0.5) is 5.69 Å². The van der Waals surface area contributed by atoms with Gasteiger partial charge in [0.25, 0.3) is 5.69 Å². The molecule has 0 aliphatic heterocycles. The third kappa shape index (κ3) is 3.57. The number of hydrogen-bond acceptors (Lipinski definition) is 3. The topological polar surface area (TPSA) is 52.4 Å². The Bertz CT molecular complexity index is 579. The van der Waals surface area contributed by atoms with Crippen molar-refractivity contribution in [3.05, 3.63) is 69.8 Å². The predicted molar refractivity (Wildman–Crippen MR) is 78.1 cm³/mol. The molecule has 4 nitrogen and oxygen atoms in total. The molecule has 0 aliphatic carbocycles. The van der Waals surface area contributed by atoms with Gasteiger partial charge in [0.05, 0.1) is 11.5 Å². The Labute approximate surface area is 118 Å². The molecule has 4 heteroatoms. The van der Waals surface area contributed by atoms with Gasteiger partial charge in [0.2, 0.25) is 0 Å². The third-order valence-corrected chi connectivity index (χ3v) is 3.15. The van der Waals surface area contributed by atoms with Crippen molar-refractivity contribution in [3.8, 4) is 5.75 Å². The molecule has 0 saturated carbocycles. The summed E-state index contributed by atoms with van der Waals surface area (Å²) >= 11 is 0. The highest BCUT2D eigenvalue weighted by Gasteiger charge is 2.04. The number of benzene rings is 2. The Morgan fingerprint density at radius 1 is 1.10 bits per heavy atom. The van der Waals surface area contributed by atoms with Gasteiger partial charge in [0.15, 0.2) is 0 Å². The summed E-state index contributed by atoms with van der Waals surface area (Å²) in [7, 11) is 0. The van der Waals surface area contributed by atoms with Gasteiger partial charge in [-0.1, -0.05) is 37.3 Å². The molecule has 0 bridgehead atoms. The van der Waals surface area contributed by atoms with E-state index < -0.39 is 4.92 Å². The molecule has 0 aliphatic rings. The second-order valence-electron chi connectivity index (χ2n) is 4.48. The third-order valence-electron chi connectivity index (χ3n) is 3.15. The lowest BCUT2D eigenvalue weighted by atomic mass is 10.1. The van der Waals surface area contributed by atoms with E-state index >= 15 is 0 Å². The van der Waals surface area contributed by atoms with Crippen LogP contribution in [0.1, 0.15) is 18.1 Å². The van der Waals surface area contributed by atoms with Crippen LogP contribution in [0.15, 0.2) is 48.5 Å². The number of ether oxygens (including phenoxy) is 1. The van der Waals surface area contributed by atoms with E-state index in [4.69, 9.17) is 4.74 Å². The molecule has 2 aromatic carbocycles. The number of nitrogens with zero attached hydrogens (tertiary/aromatic N) is 1. The lowest BCUT2D eigenvalue weighted by molar-refractivity contribution is -0.384. The second kappa shape index (κ2) is 6.70. The van der Waals surface area contributed by atoms with Crippen LogP contribution in [0, 0.1) is 10.1 Å². The molecule has 0 N–H and O–H groups in total. The maximum absolute atomic E-state index is 10.6. The van der Waals surface area contributed by atoms with Crippen LogP contribution < -0.4 is 4.74 Å². The maximum atomic E-state index is 10.6. The smallest absolute Gasteiger partial charge is 0.269 e. The SMILES string of the molecule is CCc1ccccc1OCCc1ccc([N+](=O)[O-])cc1. The molecule has 0 atom stereocenters. The van der Waals surface area contributed by atoms with Crippen LogP contribution in [-0.4, -0.2) is 11.5 Å². The molecule has 0 radical (unpaired) electrons. The highest BCUT2D eigenvalue weighted by molar-refractivity contribution is 5.34. The Morgan fingerprint density at radius 2 is 1.80 bits per heavy atom. The zero-order valence-electron chi connectivity index (χ0n) is 11.4. The fraction of sp³-hybridized carbons (Fsp3) is 0.250. The standard InChI is InChI=1S/C16H17NO3/c1-2-14-5-3-4-6-16(14)20-12-11-13-7-9-15(10-8-13)17(18)19/h3-10H,2,11-12H2,1H3. The summed E-state index contributed by atoms with van der Waals surface area (Å²) in [6.45, 7) is 2.66. The largest absolute Gasteiger partial charge is 0.493 e. The normalized spacial score (nSPS) is 10.2. The van der Waals surface area contributed by atoms with Gasteiger partial charge in [-0.3, -0.25) is 10.1 Å². The Balaban J connectivity index is 1.91. The summed E-state index contributed by atoms with van der Waals surface area (Å²) in [6.07, 6.45) is 1.67. The number of nitro benzene ring substituents is 1. The number of nitro groups is 1. The Kier molecular flexibility index (Phi) is 4.71. The van der Waals surface area contributed by atoms with E-state index in [1.165, 1.54) is 17.7 Å². The van der Waals surface area contributed by atoms with E-state index in [-0.39, 0.29) is 5.69 Å². The summed E-state index contributed by atoms with van der Waals surface area (Å²) in [6, 6.07) is 14.6. The number of non-ortho nitro benzene ring substituents is 1. The van der Waals surface area contributed by atoms with Crippen LogP contribution in [0.25, 0.3) is 0 Å². The first-order valence-corrected chi connectivity index (χ1v) is 6.64. The van der Waals surface area contributed by atoms with E-state index in [1.54, 1.807) is 12.1 Å². The first-order chi connectivity index (χ1) is 9.70. The Hall–Kier alpha value is -2.36. The minimum Gasteiger partial charge on any atom is -0.493 e. The van der Waals surface area contributed by atoms with E-state index in [1.807, 2.05) is 18.2 Å².